The molecule has 0 bridgehead atoms. The van der Waals surface area contributed by atoms with Crippen LogP contribution in [0.15, 0.2) is 46.9 Å². The molecule has 5 nitrogen and oxygen atoms in total. The standard InChI is InChI=1S/C18H18BrFN2O3/c1-11(2)12-7-8-16(14(19)9-12)25-10-17(23)21-22-18(24)13-5-3-4-6-15(13)20/h3-9,11H,10H2,1-2H3,(H,21,23)(H,22,24). The molecular weight excluding hydrogens is 391 g/mol. The first-order valence-corrected chi connectivity index (χ1v) is 8.43. The lowest BCUT2D eigenvalue weighted by Crippen LogP contribution is -2.44. The van der Waals surface area contributed by atoms with Crippen molar-refractivity contribution in [1.82, 2.24) is 10.9 Å². The van der Waals surface area contributed by atoms with Crippen molar-refractivity contribution in [2.45, 2.75) is 19.8 Å². The van der Waals surface area contributed by atoms with Gasteiger partial charge in [-0.25, -0.2) is 4.39 Å². The molecule has 0 aliphatic heterocycles. The Morgan fingerprint density at radius 1 is 1.16 bits per heavy atom. The van der Waals surface area contributed by atoms with Crippen LogP contribution in [0, 0.1) is 5.82 Å². The number of rotatable bonds is 5. The van der Waals surface area contributed by atoms with E-state index in [9.17, 15) is 14.0 Å². The van der Waals surface area contributed by atoms with Gasteiger partial charge in [0.2, 0.25) is 0 Å². The summed E-state index contributed by atoms with van der Waals surface area (Å²) in [6, 6.07) is 11.1. The first-order chi connectivity index (χ1) is 11.9. The van der Waals surface area contributed by atoms with Crippen molar-refractivity contribution in [2.75, 3.05) is 6.61 Å². The van der Waals surface area contributed by atoms with Crippen molar-refractivity contribution in [3.8, 4) is 5.75 Å². The van der Waals surface area contributed by atoms with Gasteiger partial charge in [0.25, 0.3) is 11.8 Å². The third-order valence-electron chi connectivity index (χ3n) is 3.42. The van der Waals surface area contributed by atoms with Gasteiger partial charge in [-0.15, -0.1) is 0 Å². The Kier molecular flexibility index (Phi) is 6.52. The molecule has 0 aliphatic rings. The minimum atomic E-state index is -0.742. The highest BCUT2D eigenvalue weighted by molar-refractivity contribution is 9.10. The normalized spacial score (nSPS) is 10.4. The largest absolute Gasteiger partial charge is 0.483 e. The second kappa shape index (κ2) is 8.62. The monoisotopic (exact) mass is 408 g/mol. The Balaban J connectivity index is 1.85. The number of carbonyl (C=O) groups is 2. The Morgan fingerprint density at radius 2 is 1.88 bits per heavy atom. The molecule has 132 valence electrons. The highest BCUT2D eigenvalue weighted by Gasteiger charge is 2.12. The van der Waals surface area contributed by atoms with Gasteiger partial charge in [0.15, 0.2) is 6.61 Å². The Hall–Kier alpha value is -2.41. The van der Waals surface area contributed by atoms with Crippen molar-refractivity contribution in [2.24, 2.45) is 0 Å². The van der Waals surface area contributed by atoms with E-state index in [1.165, 1.54) is 18.2 Å². The number of carbonyl (C=O) groups excluding carboxylic acids is 2. The summed E-state index contributed by atoms with van der Waals surface area (Å²) in [5.41, 5.74) is 5.31. The zero-order valence-electron chi connectivity index (χ0n) is 13.8. The molecule has 2 aromatic rings. The first kappa shape index (κ1) is 18.9. The van der Waals surface area contributed by atoms with Gasteiger partial charge in [-0.2, -0.15) is 0 Å². The maximum Gasteiger partial charge on any atom is 0.276 e. The van der Waals surface area contributed by atoms with Crippen LogP contribution in [-0.2, 0) is 4.79 Å². The number of halogens is 2. The molecule has 2 rings (SSSR count). The fourth-order valence-corrected chi connectivity index (χ4v) is 2.52. The molecule has 25 heavy (non-hydrogen) atoms. The summed E-state index contributed by atoms with van der Waals surface area (Å²) in [6.07, 6.45) is 0. The fraction of sp³-hybridized carbons (Fsp3) is 0.222. The maximum absolute atomic E-state index is 13.5. The Labute approximate surface area is 153 Å². The van der Waals surface area contributed by atoms with Crippen LogP contribution in [0.3, 0.4) is 0 Å². The summed E-state index contributed by atoms with van der Waals surface area (Å²) in [5, 5.41) is 0. The molecule has 2 amide bonds. The number of nitrogens with one attached hydrogen (secondary N) is 2. The minimum Gasteiger partial charge on any atom is -0.483 e. The molecule has 7 heteroatoms. The van der Waals surface area contributed by atoms with Gasteiger partial charge in [-0.1, -0.05) is 32.0 Å². The summed E-state index contributed by atoms with van der Waals surface area (Å²) in [7, 11) is 0. The lowest BCUT2D eigenvalue weighted by molar-refractivity contribution is -0.123. The number of hydrogen-bond acceptors (Lipinski definition) is 3. The molecule has 0 heterocycles. The molecule has 0 saturated heterocycles. The summed E-state index contributed by atoms with van der Waals surface area (Å²) >= 11 is 3.40. The lowest BCUT2D eigenvalue weighted by atomic mass is 10.0. The van der Waals surface area contributed by atoms with Crippen LogP contribution >= 0.6 is 15.9 Å². The van der Waals surface area contributed by atoms with Gasteiger partial charge in [0, 0.05) is 0 Å². The van der Waals surface area contributed by atoms with E-state index in [1.807, 2.05) is 12.1 Å². The minimum absolute atomic E-state index is 0.157. The SMILES string of the molecule is CC(C)c1ccc(OCC(=O)NNC(=O)c2ccccc2F)c(Br)c1. The van der Waals surface area contributed by atoms with Crippen LogP contribution in [0.5, 0.6) is 5.75 Å². The van der Waals surface area contributed by atoms with E-state index in [4.69, 9.17) is 4.74 Å². The number of hydrazine groups is 1. The highest BCUT2D eigenvalue weighted by Crippen LogP contribution is 2.28. The van der Waals surface area contributed by atoms with Gasteiger partial charge < -0.3 is 4.74 Å². The van der Waals surface area contributed by atoms with Crippen LogP contribution in [0.1, 0.15) is 35.7 Å². The van der Waals surface area contributed by atoms with Crippen molar-refractivity contribution in [3.05, 3.63) is 63.9 Å². The van der Waals surface area contributed by atoms with Crippen LogP contribution in [0.2, 0.25) is 0 Å². The van der Waals surface area contributed by atoms with Crippen LogP contribution in [-0.4, -0.2) is 18.4 Å². The van der Waals surface area contributed by atoms with Gasteiger partial charge in [-0.05, 0) is 51.7 Å². The molecule has 2 N–H and O–H groups in total. The molecular formula is C18H18BrFN2O3. The number of hydrogen-bond donors (Lipinski definition) is 2. The highest BCUT2D eigenvalue weighted by atomic mass is 79.9. The van der Waals surface area contributed by atoms with E-state index < -0.39 is 17.6 Å². The maximum atomic E-state index is 13.5. The van der Waals surface area contributed by atoms with Gasteiger partial charge in [0.1, 0.15) is 11.6 Å². The summed E-state index contributed by atoms with van der Waals surface area (Å²) in [4.78, 5) is 23.5. The first-order valence-electron chi connectivity index (χ1n) is 7.64. The Morgan fingerprint density at radius 3 is 2.52 bits per heavy atom. The van der Waals surface area contributed by atoms with Crippen molar-refractivity contribution in [3.63, 3.8) is 0 Å². The number of benzene rings is 2. The zero-order chi connectivity index (χ0) is 18.4. The van der Waals surface area contributed by atoms with E-state index in [-0.39, 0.29) is 12.2 Å². The molecule has 0 unspecified atom stereocenters. The second-order valence-corrected chi connectivity index (χ2v) is 6.47. The van der Waals surface area contributed by atoms with Crippen LogP contribution in [0.4, 0.5) is 4.39 Å². The molecule has 2 aromatic carbocycles. The van der Waals surface area contributed by atoms with Gasteiger partial charge in [-0.3, -0.25) is 20.4 Å². The molecule has 0 fully saturated rings. The predicted molar refractivity (Wildman–Crippen MR) is 95.7 cm³/mol. The smallest absolute Gasteiger partial charge is 0.276 e. The predicted octanol–water partition coefficient (Wildman–Crippen LogP) is 3.55. The van der Waals surface area contributed by atoms with Crippen molar-refractivity contribution >= 4 is 27.7 Å². The Bertz CT molecular complexity index is 781. The van der Waals surface area contributed by atoms with E-state index in [1.54, 1.807) is 6.07 Å². The summed E-state index contributed by atoms with van der Waals surface area (Å²) < 4.78 is 19.6. The summed E-state index contributed by atoms with van der Waals surface area (Å²) in [5.74, 6) is -1.08. The molecule has 0 spiro atoms. The molecule has 0 saturated carbocycles. The number of ether oxygens (including phenoxy) is 1. The van der Waals surface area contributed by atoms with Crippen molar-refractivity contribution < 1.29 is 18.7 Å². The fourth-order valence-electron chi connectivity index (χ4n) is 2.01. The van der Waals surface area contributed by atoms with Gasteiger partial charge in [0.05, 0.1) is 10.0 Å². The van der Waals surface area contributed by atoms with E-state index in [2.05, 4.69) is 40.6 Å². The van der Waals surface area contributed by atoms with E-state index in [0.29, 0.717) is 11.7 Å². The number of amides is 2. The quantitative estimate of drug-likeness (QED) is 0.743. The van der Waals surface area contributed by atoms with Crippen LogP contribution < -0.4 is 15.6 Å². The second-order valence-electron chi connectivity index (χ2n) is 5.62. The van der Waals surface area contributed by atoms with Crippen molar-refractivity contribution in [1.29, 1.82) is 0 Å². The third kappa shape index (κ3) is 5.29. The van der Waals surface area contributed by atoms with E-state index in [0.717, 1.165) is 16.1 Å². The summed E-state index contributed by atoms with van der Waals surface area (Å²) in [6.45, 7) is 3.86. The topological polar surface area (TPSA) is 67.4 Å². The molecule has 0 aromatic heterocycles. The molecule has 0 aliphatic carbocycles. The molecule has 0 atom stereocenters. The lowest BCUT2D eigenvalue weighted by Gasteiger charge is -2.12. The third-order valence-corrected chi connectivity index (χ3v) is 4.04. The zero-order valence-corrected chi connectivity index (χ0v) is 15.4. The van der Waals surface area contributed by atoms with E-state index >= 15 is 0 Å². The van der Waals surface area contributed by atoms with Gasteiger partial charge >= 0.3 is 0 Å². The average molecular weight is 409 g/mol. The van der Waals surface area contributed by atoms with Crippen LogP contribution in [0.25, 0.3) is 0 Å². The average Bonchev–Trinajstić information content (AvgIpc) is 2.58. The molecule has 0 radical (unpaired) electrons.